The Balaban J connectivity index is 2.03. The van der Waals surface area contributed by atoms with Gasteiger partial charge in [-0.2, -0.15) is 0 Å². The first-order chi connectivity index (χ1) is 9.72. The summed E-state index contributed by atoms with van der Waals surface area (Å²) in [4.78, 5) is 11.6. The fraction of sp³-hybridized carbons (Fsp3) is 0.267. The Bertz CT molecular complexity index is 599. The molecule has 0 radical (unpaired) electrons. The molecule has 5 nitrogen and oxygen atoms in total. The number of nitrogens with one attached hydrogen (secondary N) is 1. The molecular weight excluding hydrogens is 256 g/mol. The summed E-state index contributed by atoms with van der Waals surface area (Å²) in [5, 5.41) is 4.52. The number of carbonyl (C=O) groups is 1. The minimum absolute atomic E-state index is 0.0301. The zero-order valence-corrected chi connectivity index (χ0v) is 11.4. The van der Waals surface area contributed by atoms with Crippen LogP contribution < -0.4 is 15.8 Å². The number of nitrogen functional groups attached to an aromatic ring is 1. The Kier molecular flexibility index (Phi) is 4.79. The van der Waals surface area contributed by atoms with Gasteiger partial charge in [0.1, 0.15) is 5.75 Å². The van der Waals surface area contributed by atoms with Gasteiger partial charge in [0, 0.05) is 30.1 Å². The van der Waals surface area contributed by atoms with E-state index < -0.39 is 0 Å². The van der Waals surface area contributed by atoms with E-state index in [1.807, 2.05) is 24.3 Å². The third kappa shape index (κ3) is 3.39. The van der Waals surface area contributed by atoms with E-state index in [9.17, 15) is 4.79 Å². The van der Waals surface area contributed by atoms with Crippen molar-refractivity contribution >= 4 is 22.4 Å². The first-order valence-electron chi connectivity index (χ1n) is 6.38. The van der Waals surface area contributed by atoms with Crippen molar-refractivity contribution in [2.75, 3.05) is 32.6 Å². The number of fused-ring (bicyclic) bond motifs is 1. The molecule has 0 atom stereocenters. The standard InChI is InChI=1S/C15H18N2O3/c1-19-9-8-17-15(18)10-20-14-7-6-13(16)11-4-2-3-5-12(11)14/h2-7H,8-10,16H2,1H3,(H,17,18). The van der Waals surface area contributed by atoms with Crippen molar-refractivity contribution < 1.29 is 14.3 Å². The summed E-state index contributed by atoms with van der Waals surface area (Å²) in [6.07, 6.45) is 0. The summed E-state index contributed by atoms with van der Waals surface area (Å²) in [6.45, 7) is 0.926. The zero-order chi connectivity index (χ0) is 14.4. The van der Waals surface area contributed by atoms with Crippen LogP contribution in [0.3, 0.4) is 0 Å². The summed E-state index contributed by atoms with van der Waals surface area (Å²) in [5.74, 6) is 0.472. The lowest BCUT2D eigenvalue weighted by Crippen LogP contribution is -2.31. The zero-order valence-electron chi connectivity index (χ0n) is 11.4. The number of hydrogen-bond donors (Lipinski definition) is 2. The second-order valence-corrected chi connectivity index (χ2v) is 4.33. The highest BCUT2D eigenvalue weighted by Gasteiger charge is 2.07. The van der Waals surface area contributed by atoms with Crippen LogP contribution in [0.5, 0.6) is 5.75 Å². The van der Waals surface area contributed by atoms with Gasteiger partial charge in [0.05, 0.1) is 6.61 Å². The van der Waals surface area contributed by atoms with E-state index >= 15 is 0 Å². The maximum absolute atomic E-state index is 11.6. The Morgan fingerprint density at radius 1 is 1.20 bits per heavy atom. The van der Waals surface area contributed by atoms with Crippen molar-refractivity contribution in [3.63, 3.8) is 0 Å². The molecule has 2 rings (SSSR count). The molecular formula is C15H18N2O3. The van der Waals surface area contributed by atoms with Crippen LogP contribution in [0.15, 0.2) is 36.4 Å². The quantitative estimate of drug-likeness (QED) is 0.619. The van der Waals surface area contributed by atoms with Crippen molar-refractivity contribution in [2.24, 2.45) is 0 Å². The first-order valence-corrected chi connectivity index (χ1v) is 6.38. The van der Waals surface area contributed by atoms with Crippen LogP contribution in [0, 0.1) is 0 Å². The molecule has 0 aliphatic carbocycles. The lowest BCUT2D eigenvalue weighted by Gasteiger charge is -2.11. The molecule has 20 heavy (non-hydrogen) atoms. The van der Waals surface area contributed by atoms with E-state index in [1.54, 1.807) is 19.2 Å². The first kappa shape index (κ1) is 14.1. The fourth-order valence-electron chi connectivity index (χ4n) is 1.91. The van der Waals surface area contributed by atoms with Crippen LogP contribution >= 0.6 is 0 Å². The lowest BCUT2D eigenvalue weighted by atomic mass is 10.1. The second-order valence-electron chi connectivity index (χ2n) is 4.33. The molecule has 0 fully saturated rings. The number of anilines is 1. The highest BCUT2D eigenvalue weighted by Crippen LogP contribution is 2.29. The Morgan fingerprint density at radius 2 is 1.95 bits per heavy atom. The molecule has 106 valence electrons. The van der Waals surface area contributed by atoms with Gasteiger partial charge in [-0.25, -0.2) is 0 Å². The van der Waals surface area contributed by atoms with Crippen molar-refractivity contribution in [1.82, 2.24) is 5.32 Å². The predicted octanol–water partition coefficient (Wildman–Crippen LogP) is 1.56. The molecule has 0 saturated heterocycles. The normalized spacial score (nSPS) is 10.4. The third-order valence-electron chi connectivity index (χ3n) is 2.90. The van der Waals surface area contributed by atoms with Crippen molar-refractivity contribution in [1.29, 1.82) is 0 Å². The predicted molar refractivity (Wildman–Crippen MR) is 78.7 cm³/mol. The largest absolute Gasteiger partial charge is 0.483 e. The average Bonchev–Trinajstić information content (AvgIpc) is 2.47. The molecule has 2 aromatic rings. The summed E-state index contributed by atoms with van der Waals surface area (Å²) in [5.41, 5.74) is 6.61. The Hall–Kier alpha value is -2.27. The van der Waals surface area contributed by atoms with E-state index in [0.717, 1.165) is 10.8 Å². The van der Waals surface area contributed by atoms with Crippen molar-refractivity contribution in [3.05, 3.63) is 36.4 Å². The summed E-state index contributed by atoms with van der Waals surface area (Å²) in [7, 11) is 1.59. The fourth-order valence-corrected chi connectivity index (χ4v) is 1.91. The maximum Gasteiger partial charge on any atom is 0.258 e. The molecule has 0 saturated carbocycles. The van der Waals surface area contributed by atoms with Crippen molar-refractivity contribution in [2.45, 2.75) is 0 Å². The van der Waals surface area contributed by atoms with Gasteiger partial charge < -0.3 is 20.5 Å². The number of hydrogen-bond acceptors (Lipinski definition) is 4. The molecule has 0 bridgehead atoms. The van der Waals surface area contributed by atoms with Crippen LogP contribution in [0.4, 0.5) is 5.69 Å². The molecule has 0 aromatic heterocycles. The number of methoxy groups -OCH3 is 1. The van der Waals surface area contributed by atoms with Gasteiger partial charge in [-0.3, -0.25) is 4.79 Å². The lowest BCUT2D eigenvalue weighted by molar-refractivity contribution is -0.123. The highest BCUT2D eigenvalue weighted by molar-refractivity contribution is 5.97. The molecule has 0 heterocycles. The number of rotatable bonds is 6. The van der Waals surface area contributed by atoms with Crippen LogP contribution in [0.25, 0.3) is 10.8 Å². The van der Waals surface area contributed by atoms with Crippen LogP contribution in [-0.4, -0.2) is 32.8 Å². The third-order valence-corrected chi connectivity index (χ3v) is 2.90. The van der Waals surface area contributed by atoms with Crippen LogP contribution in [-0.2, 0) is 9.53 Å². The van der Waals surface area contributed by atoms with Gasteiger partial charge in [-0.05, 0) is 12.1 Å². The molecule has 1 amide bonds. The molecule has 0 spiro atoms. The number of benzene rings is 2. The summed E-state index contributed by atoms with van der Waals surface area (Å²) < 4.78 is 10.4. The minimum atomic E-state index is -0.178. The summed E-state index contributed by atoms with van der Waals surface area (Å²) in [6, 6.07) is 11.2. The number of amides is 1. The van der Waals surface area contributed by atoms with E-state index in [1.165, 1.54) is 0 Å². The molecule has 0 unspecified atom stereocenters. The maximum atomic E-state index is 11.6. The number of nitrogens with two attached hydrogens (primary N) is 1. The Labute approximate surface area is 117 Å². The van der Waals surface area contributed by atoms with Gasteiger partial charge in [0.2, 0.25) is 0 Å². The molecule has 2 aromatic carbocycles. The molecule has 5 heteroatoms. The second kappa shape index (κ2) is 6.77. The van der Waals surface area contributed by atoms with E-state index in [0.29, 0.717) is 24.6 Å². The molecule has 0 aliphatic heterocycles. The molecule has 3 N–H and O–H groups in total. The monoisotopic (exact) mass is 274 g/mol. The topological polar surface area (TPSA) is 73.6 Å². The highest BCUT2D eigenvalue weighted by atomic mass is 16.5. The average molecular weight is 274 g/mol. The molecule has 0 aliphatic rings. The number of ether oxygens (including phenoxy) is 2. The SMILES string of the molecule is COCCNC(=O)COc1ccc(N)c2ccccc12. The van der Waals surface area contributed by atoms with Crippen LogP contribution in [0.2, 0.25) is 0 Å². The Morgan fingerprint density at radius 3 is 2.70 bits per heavy atom. The van der Waals surface area contributed by atoms with E-state index in [4.69, 9.17) is 15.2 Å². The number of carbonyl (C=O) groups excluding carboxylic acids is 1. The van der Waals surface area contributed by atoms with Gasteiger partial charge >= 0.3 is 0 Å². The van der Waals surface area contributed by atoms with Gasteiger partial charge in [-0.1, -0.05) is 24.3 Å². The minimum Gasteiger partial charge on any atom is -0.483 e. The summed E-state index contributed by atoms with van der Waals surface area (Å²) >= 11 is 0. The van der Waals surface area contributed by atoms with Gasteiger partial charge in [0.15, 0.2) is 6.61 Å². The smallest absolute Gasteiger partial charge is 0.258 e. The van der Waals surface area contributed by atoms with Gasteiger partial charge in [0.25, 0.3) is 5.91 Å². The van der Waals surface area contributed by atoms with Crippen LogP contribution in [0.1, 0.15) is 0 Å². The van der Waals surface area contributed by atoms with Gasteiger partial charge in [-0.15, -0.1) is 0 Å². The van der Waals surface area contributed by atoms with Crippen molar-refractivity contribution in [3.8, 4) is 5.75 Å². The van der Waals surface area contributed by atoms with E-state index in [2.05, 4.69) is 5.32 Å². The van der Waals surface area contributed by atoms with E-state index in [-0.39, 0.29) is 12.5 Å².